The Morgan fingerprint density at radius 1 is 1.62 bits per heavy atom. The van der Waals surface area contributed by atoms with E-state index in [-0.39, 0.29) is 18.3 Å². The molecule has 0 aliphatic heterocycles. The highest BCUT2D eigenvalue weighted by Gasteiger charge is 2.08. The first-order chi connectivity index (χ1) is 7.65. The molecule has 1 rings (SSSR count). The lowest BCUT2D eigenvalue weighted by Crippen LogP contribution is -2.08. The number of ether oxygens (including phenoxy) is 1. The van der Waals surface area contributed by atoms with Crippen LogP contribution in [0.5, 0.6) is 0 Å². The van der Waals surface area contributed by atoms with E-state index in [0.29, 0.717) is 10.8 Å². The van der Waals surface area contributed by atoms with Crippen LogP contribution in [0.3, 0.4) is 0 Å². The first kappa shape index (κ1) is 12.4. The average Bonchev–Trinajstić information content (AvgIpc) is 2.65. The fourth-order valence-corrected chi connectivity index (χ4v) is 1.68. The molecule has 1 heterocycles. The normalized spacial score (nSPS) is 10.4. The van der Waals surface area contributed by atoms with E-state index in [9.17, 15) is 9.59 Å². The molecule has 16 heavy (non-hydrogen) atoms. The minimum absolute atomic E-state index is 0.118. The Morgan fingerprint density at radius 2 is 2.38 bits per heavy atom. The SMILES string of the molecule is C/C=C/C(=O)Nc1nc(CC(=O)OC)cs1. The second-order valence-corrected chi connectivity index (χ2v) is 3.74. The van der Waals surface area contributed by atoms with Crippen molar-refractivity contribution in [3.8, 4) is 0 Å². The van der Waals surface area contributed by atoms with E-state index in [4.69, 9.17) is 0 Å². The fourth-order valence-electron chi connectivity index (χ4n) is 0.964. The van der Waals surface area contributed by atoms with Crippen molar-refractivity contribution in [1.82, 2.24) is 4.98 Å². The molecule has 0 saturated heterocycles. The van der Waals surface area contributed by atoms with E-state index in [1.165, 1.54) is 24.5 Å². The zero-order valence-electron chi connectivity index (χ0n) is 9.02. The molecule has 0 spiro atoms. The first-order valence-electron chi connectivity index (χ1n) is 4.60. The van der Waals surface area contributed by atoms with Gasteiger partial charge in [-0.05, 0) is 13.0 Å². The number of thiazole rings is 1. The van der Waals surface area contributed by atoms with E-state index in [0.717, 1.165) is 0 Å². The van der Waals surface area contributed by atoms with Crippen molar-refractivity contribution in [3.63, 3.8) is 0 Å². The standard InChI is InChI=1S/C10H12N2O3S/c1-3-4-8(13)12-10-11-7(6-16-10)5-9(14)15-2/h3-4,6H,5H2,1-2H3,(H,11,12,13)/b4-3+. The lowest BCUT2D eigenvalue weighted by molar-refractivity contribution is -0.139. The van der Waals surface area contributed by atoms with Crippen molar-refractivity contribution in [3.05, 3.63) is 23.2 Å². The molecule has 1 amide bonds. The van der Waals surface area contributed by atoms with Crippen LogP contribution in [0.2, 0.25) is 0 Å². The molecule has 0 aliphatic rings. The van der Waals surface area contributed by atoms with E-state index in [1.54, 1.807) is 18.4 Å². The number of amides is 1. The summed E-state index contributed by atoms with van der Waals surface area (Å²) in [6, 6.07) is 0. The van der Waals surface area contributed by atoms with Gasteiger partial charge in [0.1, 0.15) is 0 Å². The molecule has 86 valence electrons. The average molecular weight is 240 g/mol. The van der Waals surface area contributed by atoms with Gasteiger partial charge in [0.15, 0.2) is 5.13 Å². The number of methoxy groups -OCH3 is 1. The van der Waals surface area contributed by atoms with Gasteiger partial charge in [-0.25, -0.2) is 4.98 Å². The third-order valence-electron chi connectivity index (χ3n) is 1.65. The zero-order valence-corrected chi connectivity index (χ0v) is 9.84. The number of nitrogens with zero attached hydrogens (tertiary/aromatic N) is 1. The van der Waals surface area contributed by atoms with Crippen LogP contribution in [0, 0.1) is 0 Å². The Hall–Kier alpha value is -1.69. The van der Waals surface area contributed by atoms with Crippen LogP contribution in [-0.4, -0.2) is 24.0 Å². The summed E-state index contributed by atoms with van der Waals surface area (Å²) in [5.74, 6) is -0.585. The predicted octanol–water partition coefficient (Wildman–Crippen LogP) is 1.37. The molecule has 5 nitrogen and oxygen atoms in total. The lowest BCUT2D eigenvalue weighted by Gasteiger charge is -1.95. The summed E-state index contributed by atoms with van der Waals surface area (Å²) in [7, 11) is 1.32. The van der Waals surface area contributed by atoms with Crippen LogP contribution >= 0.6 is 11.3 Å². The summed E-state index contributed by atoms with van der Waals surface area (Å²) in [6.45, 7) is 1.75. The van der Waals surface area contributed by atoms with E-state index in [1.807, 2.05) is 0 Å². The number of hydrogen-bond acceptors (Lipinski definition) is 5. The van der Waals surface area contributed by atoms with Crippen LogP contribution < -0.4 is 5.32 Å². The summed E-state index contributed by atoms with van der Waals surface area (Å²) < 4.78 is 4.51. The number of aromatic nitrogens is 1. The first-order valence-corrected chi connectivity index (χ1v) is 5.48. The number of nitrogens with one attached hydrogen (secondary N) is 1. The number of hydrogen-bond donors (Lipinski definition) is 1. The molecule has 1 aromatic rings. The summed E-state index contributed by atoms with van der Waals surface area (Å²) in [4.78, 5) is 26.2. The number of esters is 1. The molecule has 6 heteroatoms. The molecule has 1 N–H and O–H groups in total. The minimum Gasteiger partial charge on any atom is -0.469 e. The van der Waals surface area contributed by atoms with Gasteiger partial charge in [-0.1, -0.05) is 6.08 Å². The summed E-state index contributed by atoms with van der Waals surface area (Å²) >= 11 is 1.27. The van der Waals surface area contributed by atoms with Gasteiger partial charge >= 0.3 is 5.97 Å². The van der Waals surface area contributed by atoms with Crippen molar-refractivity contribution >= 4 is 28.3 Å². The lowest BCUT2D eigenvalue weighted by atomic mass is 10.3. The summed E-state index contributed by atoms with van der Waals surface area (Å²) in [5, 5.41) is 4.77. The Kier molecular flexibility index (Phi) is 4.65. The molecule has 1 aromatic heterocycles. The molecular weight excluding hydrogens is 228 g/mol. The molecule has 0 saturated carbocycles. The van der Waals surface area contributed by atoms with Crippen molar-refractivity contribution in [2.45, 2.75) is 13.3 Å². The van der Waals surface area contributed by atoms with Gasteiger partial charge in [0.25, 0.3) is 0 Å². The Morgan fingerprint density at radius 3 is 3.00 bits per heavy atom. The van der Waals surface area contributed by atoms with Gasteiger partial charge < -0.3 is 4.74 Å². The smallest absolute Gasteiger partial charge is 0.311 e. The van der Waals surface area contributed by atoms with Gasteiger partial charge in [-0.15, -0.1) is 11.3 Å². The van der Waals surface area contributed by atoms with Crippen molar-refractivity contribution in [1.29, 1.82) is 0 Å². The summed E-state index contributed by atoms with van der Waals surface area (Å²) in [5.41, 5.74) is 0.590. The molecule has 0 radical (unpaired) electrons. The topological polar surface area (TPSA) is 68.3 Å². The predicted molar refractivity (Wildman–Crippen MR) is 61.3 cm³/mol. The molecule has 0 atom stereocenters. The third-order valence-corrected chi connectivity index (χ3v) is 2.46. The number of carbonyl (C=O) groups is 2. The molecule has 0 fully saturated rings. The number of anilines is 1. The molecule has 0 unspecified atom stereocenters. The highest BCUT2D eigenvalue weighted by Crippen LogP contribution is 2.15. The number of carbonyl (C=O) groups excluding carboxylic acids is 2. The van der Waals surface area contributed by atoms with E-state index < -0.39 is 0 Å². The van der Waals surface area contributed by atoms with Crippen LogP contribution in [0.25, 0.3) is 0 Å². The molecular formula is C10H12N2O3S. The molecule has 0 aromatic carbocycles. The van der Waals surface area contributed by atoms with Gasteiger partial charge in [0.05, 0.1) is 19.2 Å². The Balaban J connectivity index is 2.58. The van der Waals surface area contributed by atoms with Crippen molar-refractivity contribution in [2.24, 2.45) is 0 Å². The van der Waals surface area contributed by atoms with E-state index >= 15 is 0 Å². The van der Waals surface area contributed by atoms with Crippen molar-refractivity contribution < 1.29 is 14.3 Å². The van der Waals surface area contributed by atoms with Crippen LogP contribution in [0.15, 0.2) is 17.5 Å². The Bertz CT molecular complexity index is 412. The second-order valence-electron chi connectivity index (χ2n) is 2.89. The highest BCUT2D eigenvalue weighted by atomic mass is 32.1. The Labute approximate surface area is 97.1 Å². The zero-order chi connectivity index (χ0) is 12.0. The fraction of sp³-hybridized carbons (Fsp3) is 0.300. The highest BCUT2D eigenvalue weighted by molar-refractivity contribution is 7.14. The van der Waals surface area contributed by atoms with Crippen LogP contribution in [-0.2, 0) is 20.7 Å². The third kappa shape index (κ3) is 3.82. The van der Waals surface area contributed by atoms with Crippen LogP contribution in [0.1, 0.15) is 12.6 Å². The quantitative estimate of drug-likeness (QED) is 0.637. The largest absolute Gasteiger partial charge is 0.469 e. The monoisotopic (exact) mass is 240 g/mol. The van der Waals surface area contributed by atoms with Crippen molar-refractivity contribution in [2.75, 3.05) is 12.4 Å². The van der Waals surface area contributed by atoms with Crippen LogP contribution in [0.4, 0.5) is 5.13 Å². The van der Waals surface area contributed by atoms with Gasteiger partial charge in [0, 0.05) is 5.38 Å². The van der Waals surface area contributed by atoms with E-state index in [2.05, 4.69) is 15.0 Å². The maximum Gasteiger partial charge on any atom is 0.311 e. The van der Waals surface area contributed by atoms with Gasteiger partial charge in [0.2, 0.25) is 5.91 Å². The maximum atomic E-state index is 11.2. The summed E-state index contributed by atoms with van der Waals surface area (Å²) in [6.07, 6.45) is 3.16. The molecule has 0 bridgehead atoms. The van der Waals surface area contributed by atoms with Gasteiger partial charge in [-0.2, -0.15) is 0 Å². The molecule has 0 aliphatic carbocycles. The number of rotatable bonds is 4. The second kappa shape index (κ2) is 6.02. The van der Waals surface area contributed by atoms with Gasteiger partial charge in [-0.3, -0.25) is 14.9 Å². The maximum absolute atomic E-state index is 11.2. The minimum atomic E-state index is -0.350. The number of allylic oxidation sites excluding steroid dienone is 1.